The van der Waals surface area contributed by atoms with Crippen molar-refractivity contribution in [1.29, 1.82) is 0 Å². The Morgan fingerprint density at radius 3 is 2.57 bits per heavy atom. The van der Waals surface area contributed by atoms with Gasteiger partial charge in [-0.2, -0.15) is 0 Å². The van der Waals surface area contributed by atoms with Gasteiger partial charge in [-0.05, 0) is 24.3 Å². The van der Waals surface area contributed by atoms with E-state index in [4.69, 9.17) is 11.6 Å². The first-order valence-electron chi connectivity index (χ1n) is 8.72. The zero-order valence-corrected chi connectivity index (χ0v) is 15.5. The number of hydrogen-bond acceptors (Lipinski definition) is 6. The van der Waals surface area contributed by atoms with Crippen molar-refractivity contribution in [1.82, 2.24) is 14.9 Å². The van der Waals surface area contributed by atoms with E-state index in [1.165, 1.54) is 12.3 Å². The summed E-state index contributed by atoms with van der Waals surface area (Å²) in [5.74, 6) is 0.551. The van der Waals surface area contributed by atoms with Crippen LogP contribution in [0.3, 0.4) is 0 Å². The molecule has 0 saturated carbocycles. The zero-order chi connectivity index (χ0) is 19.7. The third kappa shape index (κ3) is 3.46. The summed E-state index contributed by atoms with van der Waals surface area (Å²) in [5.41, 5.74) is 1.08. The monoisotopic (exact) mass is 397 g/mol. The van der Waals surface area contributed by atoms with Crippen LogP contribution in [0.15, 0.2) is 48.8 Å². The molecule has 4 rings (SSSR count). The molecule has 0 bridgehead atoms. The van der Waals surface area contributed by atoms with E-state index in [1.54, 1.807) is 29.3 Å². The molecule has 0 spiro atoms. The third-order valence-corrected chi connectivity index (χ3v) is 4.95. The fourth-order valence-corrected chi connectivity index (χ4v) is 3.53. The predicted octanol–water partition coefficient (Wildman–Crippen LogP) is 3.15. The van der Waals surface area contributed by atoms with Gasteiger partial charge in [0, 0.05) is 48.9 Å². The molecule has 1 aromatic carbocycles. The maximum Gasteiger partial charge on any atom is 0.287 e. The first kappa shape index (κ1) is 18.1. The SMILES string of the molecule is O=C(c1cc(Cl)cc2cccnc12)N1CCN(c2ccc([N+](=O)[O-])cn2)CC1. The van der Waals surface area contributed by atoms with Gasteiger partial charge in [0.1, 0.15) is 12.0 Å². The van der Waals surface area contributed by atoms with Crippen LogP contribution in [-0.2, 0) is 0 Å². The Bertz CT molecular complexity index is 1050. The van der Waals surface area contributed by atoms with Crippen LogP contribution >= 0.6 is 11.6 Å². The van der Waals surface area contributed by atoms with E-state index in [9.17, 15) is 14.9 Å². The number of fused-ring (bicyclic) bond motifs is 1. The molecule has 3 aromatic rings. The van der Waals surface area contributed by atoms with E-state index in [0.29, 0.717) is 48.1 Å². The van der Waals surface area contributed by atoms with E-state index in [-0.39, 0.29) is 11.6 Å². The number of halogens is 1. The molecule has 2 aromatic heterocycles. The zero-order valence-electron chi connectivity index (χ0n) is 14.8. The minimum atomic E-state index is -0.475. The lowest BCUT2D eigenvalue weighted by atomic mass is 10.1. The second kappa shape index (κ2) is 7.40. The van der Waals surface area contributed by atoms with E-state index < -0.39 is 4.92 Å². The number of aromatic nitrogens is 2. The molecule has 1 saturated heterocycles. The lowest BCUT2D eigenvalue weighted by Crippen LogP contribution is -2.49. The van der Waals surface area contributed by atoms with E-state index in [2.05, 4.69) is 9.97 Å². The Kier molecular flexibility index (Phi) is 4.79. The summed E-state index contributed by atoms with van der Waals surface area (Å²) in [5, 5.41) is 12.1. The highest BCUT2D eigenvalue weighted by atomic mass is 35.5. The number of benzene rings is 1. The van der Waals surface area contributed by atoms with Crippen molar-refractivity contribution >= 4 is 39.9 Å². The van der Waals surface area contributed by atoms with Crippen molar-refractivity contribution in [3.63, 3.8) is 0 Å². The molecule has 28 heavy (non-hydrogen) atoms. The molecular formula is C19H16ClN5O3. The molecule has 9 heteroatoms. The van der Waals surface area contributed by atoms with Crippen LogP contribution in [0, 0.1) is 10.1 Å². The van der Waals surface area contributed by atoms with E-state index >= 15 is 0 Å². The highest BCUT2D eigenvalue weighted by Gasteiger charge is 2.25. The van der Waals surface area contributed by atoms with Gasteiger partial charge in [0.25, 0.3) is 11.6 Å². The normalized spacial score (nSPS) is 14.3. The smallest absolute Gasteiger partial charge is 0.287 e. The summed E-state index contributed by atoms with van der Waals surface area (Å²) < 4.78 is 0. The topological polar surface area (TPSA) is 92.5 Å². The highest BCUT2D eigenvalue weighted by Crippen LogP contribution is 2.24. The Hall–Kier alpha value is -3.26. The third-order valence-electron chi connectivity index (χ3n) is 4.73. The van der Waals surface area contributed by atoms with Crippen LogP contribution < -0.4 is 4.90 Å². The maximum atomic E-state index is 13.0. The quantitative estimate of drug-likeness (QED) is 0.498. The molecule has 1 amide bonds. The summed E-state index contributed by atoms with van der Waals surface area (Å²) in [6.07, 6.45) is 2.90. The Morgan fingerprint density at radius 2 is 1.89 bits per heavy atom. The van der Waals surface area contributed by atoms with Crippen LogP contribution in [0.25, 0.3) is 10.9 Å². The van der Waals surface area contributed by atoms with Crippen molar-refractivity contribution in [3.05, 3.63) is 69.5 Å². The average Bonchev–Trinajstić information content (AvgIpc) is 2.73. The van der Waals surface area contributed by atoms with Crippen molar-refractivity contribution in [2.75, 3.05) is 31.1 Å². The number of hydrogen-bond donors (Lipinski definition) is 0. The van der Waals surface area contributed by atoms with Gasteiger partial charge < -0.3 is 9.80 Å². The van der Waals surface area contributed by atoms with Crippen molar-refractivity contribution in [2.24, 2.45) is 0 Å². The Balaban J connectivity index is 1.49. The van der Waals surface area contributed by atoms with Gasteiger partial charge in [0.05, 0.1) is 16.0 Å². The fourth-order valence-electron chi connectivity index (χ4n) is 3.30. The van der Waals surface area contributed by atoms with Gasteiger partial charge in [0.15, 0.2) is 0 Å². The number of amides is 1. The summed E-state index contributed by atoms with van der Waals surface area (Å²) in [6, 6.07) is 10.2. The average molecular weight is 398 g/mol. The summed E-state index contributed by atoms with van der Waals surface area (Å²) in [6.45, 7) is 2.20. The lowest BCUT2D eigenvalue weighted by molar-refractivity contribution is -0.385. The number of carbonyl (C=O) groups excluding carboxylic acids is 1. The summed E-state index contributed by atoms with van der Waals surface area (Å²) in [7, 11) is 0. The molecule has 8 nitrogen and oxygen atoms in total. The number of pyridine rings is 2. The van der Waals surface area contributed by atoms with Gasteiger partial charge >= 0.3 is 0 Å². The number of nitrogens with zero attached hydrogens (tertiary/aromatic N) is 5. The van der Waals surface area contributed by atoms with Crippen LogP contribution in [0.5, 0.6) is 0 Å². The molecule has 0 N–H and O–H groups in total. The summed E-state index contributed by atoms with van der Waals surface area (Å²) in [4.78, 5) is 35.6. The first-order valence-corrected chi connectivity index (χ1v) is 9.09. The largest absolute Gasteiger partial charge is 0.353 e. The molecule has 142 valence electrons. The molecule has 0 atom stereocenters. The number of piperazine rings is 1. The first-order chi connectivity index (χ1) is 13.5. The number of rotatable bonds is 3. The molecular weight excluding hydrogens is 382 g/mol. The maximum absolute atomic E-state index is 13.0. The van der Waals surface area contributed by atoms with Gasteiger partial charge in [0.2, 0.25) is 0 Å². The van der Waals surface area contributed by atoms with Crippen LogP contribution in [0.2, 0.25) is 5.02 Å². The minimum Gasteiger partial charge on any atom is -0.353 e. The molecule has 0 aliphatic carbocycles. The Morgan fingerprint density at radius 1 is 1.11 bits per heavy atom. The predicted molar refractivity (Wildman–Crippen MR) is 106 cm³/mol. The molecule has 1 aliphatic heterocycles. The van der Waals surface area contributed by atoms with Crippen LogP contribution in [-0.4, -0.2) is 51.9 Å². The van der Waals surface area contributed by atoms with Crippen molar-refractivity contribution in [3.8, 4) is 0 Å². The molecule has 1 fully saturated rings. The second-order valence-electron chi connectivity index (χ2n) is 6.44. The minimum absolute atomic E-state index is 0.0436. The van der Waals surface area contributed by atoms with Crippen LogP contribution in [0.1, 0.15) is 10.4 Å². The standard InChI is InChI=1S/C19H16ClN5O3/c20-14-10-13-2-1-5-21-18(13)16(11-14)19(26)24-8-6-23(7-9-24)17-4-3-15(12-22-17)25(27)28/h1-5,10-12H,6-9H2. The van der Waals surface area contributed by atoms with Crippen molar-refractivity contribution in [2.45, 2.75) is 0 Å². The number of anilines is 1. The van der Waals surface area contributed by atoms with E-state index in [1.807, 2.05) is 17.0 Å². The van der Waals surface area contributed by atoms with Crippen LogP contribution in [0.4, 0.5) is 11.5 Å². The number of carbonyl (C=O) groups is 1. The van der Waals surface area contributed by atoms with Gasteiger partial charge in [-0.25, -0.2) is 4.98 Å². The van der Waals surface area contributed by atoms with Crippen molar-refractivity contribution < 1.29 is 9.72 Å². The molecule has 3 heterocycles. The molecule has 0 unspecified atom stereocenters. The second-order valence-corrected chi connectivity index (χ2v) is 6.88. The fraction of sp³-hybridized carbons (Fsp3) is 0.211. The Labute approximate surface area is 165 Å². The summed E-state index contributed by atoms with van der Waals surface area (Å²) >= 11 is 6.18. The van der Waals surface area contributed by atoms with Gasteiger partial charge in [-0.15, -0.1) is 0 Å². The van der Waals surface area contributed by atoms with Gasteiger partial charge in [-0.3, -0.25) is 19.9 Å². The molecule has 1 aliphatic rings. The highest BCUT2D eigenvalue weighted by molar-refractivity contribution is 6.32. The number of nitro groups is 1. The lowest BCUT2D eigenvalue weighted by Gasteiger charge is -2.35. The van der Waals surface area contributed by atoms with E-state index in [0.717, 1.165) is 5.39 Å². The molecule has 0 radical (unpaired) electrons. The van der Waals surface area contributed by atoms with Gasteiger partial charge in [-0.1, -0.05) is 17.7 Å².